The monoisotopic (exact) mass is 442 g/mol. The Kier molecular flexibility index (Phi) is 17.5. The number of aliphatic imine (C=N–C) groups is 1. The van der Waals surface area contributed by atoms with Crippen LogP contribution in [0.15, 0.2) is 4.99 Å². The van der Waals surface area contributed by atoms with Crippen molar-refractivity contribution in [1.82, 2.24) is 16.0 Å². The van der Waals surface area contributed by atoms with Crippen LogP contribution in [-0.2, 0) is 4.79 Å². The fourth-order valence-electron chi connectivity index (χ4n) is 2.05. The third-order valence-corrected chi connectivity index (χ3v) is 3.33. The SMILES string of the molecule is CCCC(CCO)CN=C(NCC)NCCNC(=O)C(C)C.I. The molecule has 7 heteroatoms. The Morgan fingerprint density at radius 3 is 2.26 bits per heavy atom. The van der Waals surface area contributed by atoms with Crippen LogP contribution in [0.1, 0.15) is 47.0 Å². The first-order valence-corrected chi connectivity index (χ1v) is 8.45. The van der Waals surface area contributed by atoms with Crippen molar-refractivity contribution in [3.05, 3.63) is 0 Å². The molecular weight excluding hydrogens is 407 g/mol. The number of carbonyl (C=O) groups is 1. The van der Waals surface area contributed by atoms with Crippen molar-refractivity contribution in [2.24, 2.45) is 16.8 Å². The van der Waals surface area contributed by atoms with Crippen LogP contribution in [0.5, 0.6) is 0 Å². The Morgan fingerprint density at radius 2 is 1.74 bits per heavy atom. The molecule has 6 nitrogen and oxygen atoms in total. The van der Waals surface area contributed by atoms with Gasteiger partial charge in [0.15, 0.2) is 5.96 Å². The van der Waals surface area contributed by atoms with E-state index in [9.17, 15) is 4.79 Å². The van der Waals surface area contributed by atoms with Crippen LogP contribution in [0.3, 0.4) is 0 Å². The minimum atomic E-state index is 0. The number of rotatable bonds is 11. The van der Waals surface area contributed by atoms with Crippen molar-refractivity contribution in [3.63, 3.8) is 0 Å². The van der Waals surface area contributed by atoms with Gasteiger partial charge in [-0.1, -0.05) is 27.2 Å². The number of nitrogens with one attached hydrogen (secondary N) is 3. The van der Waals surface area contributed by atoms with E-state index < -0.39 is 0 Å². The highest BCUT2D eigenvalue weighted by Crippen LogP contribution is 2.10. The van der Waals surface area contributed by atoms with E-state index in [0.717, 1.165) is 31.8 Å². The van der Waals surface area contributed by atoms with E-state index in [2.05, 4.69) is 27.9 Å². The number of aliphatic hydroxyl groups is 1. The van der Waals surface area contributed by atoms with E-state index in [1.165, 1.54) is 0 Å². The van der Waals surface area contributed by atoms with E-state index >= 15 is 0 Å². The highest BCUT2D eigenvalue weighted by atomic mass is 127. The summed E-state index contributed by atoms with van der Waals surface area (Å²) in [6.07, 6.45) is 2.97. The summed E-state index contributed by atoms with van der Waals surface area (Å²) in [5.41, 5.74) is 0. The second-order valence-electron chi connectivity index (χ2n) is 5.76. The van der Waals surface area contributed by atoms with Crippen molar-refractivity contribution >= 4 is 35.8 Å². The largest absolute Gasteiger partial charge is 0.396 e. The van der Waals surface area contributed by atoms with Gasteiger partial charge in [-0.25, -0.2) is 0 Å². The Balaban J connectivity index is 0. The molecule has 0 spiro atoms. The first-order valence-electron chi connectivity index (χ1n) is 8.45. The van der Waals surface area contributed by atoms with Crippen molar-refractivity contribution < 1.29 is 9.90 Å². The summed E-state index contributed by atoms with van der Waals surface area (Å²) in [6, 6.07) is 0. The standard InChI is InChI=1S/C16H34N4O2.HI/c1-5-7-14(8-11-21)12-20-16(17-6-2)19-10-9-18-15(22)13(3)4;/h13-14,21H,5-12H2,1-4H3,(H,18,22)(H2,17,19,20);1H. The maximum Gasteiger partial charge on any atom is 0.222 e. The lowest BCUT2D eigenvalue weighted by Crippen LogP contribution is -2.42. The van der Waals surface area contributed by atoms with Gasteiger partial charge < -0.3 is 21.1 Å². The van der Waals surface area contributed by atoms with Crippen molar-refractivity contribution in [1.29, 1.82) is 0 Å². The summed E-state index contributed by atoms with van der Waals surface area (Å²) < 4.78 is 0. The van der Waals surface area contributed by atoms with E-state index in [1.807, 2.05) is 20.8 Å². The maximum atomic E-state index is 11.5. The molecule has 0 aliphatic heterocycles. The van der Waals surface area contributed by atoms with Crippen LogP contribution in [-0.4, -0.2) is 49.8 Å². The van der Waals surface area contributed by atoms with Crippen LogP contribution < -0.4 is 16.0 Å². The number of amides is 1. The highest BCUT2D eigenvalue weighted by Gasteiger charge is 2.08. The highest BCUT2D eigenvalue weighted by molar-refractivity contribution is 14.0. The molecule has 0 saturated carbocycles. The molecule has 0 rings (SSSR count). The number of guanidine groups is 1. The summed E-state index contributed by atoms with van der Waals surface area (Å²) in [4.78, 5) is 16.0. The molecule has 0 aromatic carbocycles. The summed E-state index contributed by atoms with van der Waals surface area (Å²) in [5.74, 6) is 1.26. The lowest BCUT2D eigenvalue weighted by Gasteiger charge is -2.15. The molecule has 0 aliphatic rings. The number of halogens is 1. The number of nitrogens with zero attached hydrogens (tertiary/aromatic N) is 1. The molecule has 1 atom stereocenters. The van der Waals surface area contributed by atoms with Gasteiger partial charge in [0, 0.05) is 38.7 Å². The molecule has 138 valence electrons. The summed E-state index contributed by atoms with van der Waals surface area (Å²) in [7, 11) is 0. The van der Waals surface area contributed by atoms with Gasteiger partial charge in [-0.05, 0) is 25.7 Å². The van der Waals surface area contributed by atoms with Crippen LogP contribution in [0.2, 0.25) is 0 Å². The van der Waals surface area contributed by atoms with Gasteiger partial charge in [-0.2, -0.15) is 0 Å². The minimum Gasteiger partial charge on any atom is -0.396 e. The Bertz CT molecular complexity index is 319. The molecular formula is C16H35IN4O2. The fourth-order valence-corrected chi connectivity index (χ4v) is 2.05. The normalized spacial score (nSPS) is 12.5. The minimum absolute atomic E-state index is 0. The van der Waals surface area contributed by atoms with Crippen molar-refractivity contribution in [2.75, 3.05) is 32.8 Å². The van der Waals surface area contributed by atoms with Gasteiger partial charge in [0.05, 0.1) is 0 Å². The zero-order chi connectivity index (χ0) is 16.8. The van der Waals surface area contributed by atoms with Gasteiger partial charge in [-0.15, -0.1) is 24.0 Å². The quantitative estimate of drug-likeness (QED) is 0.170. The van der Waals surface area contributed by atoms with E-state index in [1.54, 1.807) is 0 Å². The molecule has 0 radical (unpaired) electrons. The first-order chi connectivity index (χ1) is 10.5. The van der Waals surface area contributed by atoms with Gasteiger partial charge in [0.1, 0.15) is 0 Å². The molecule has 4 N–H and O–H groups in total. The van der Waals surface area contributed by atoms with E-state index in [0.29, 0.717) is 25.6 Å². The molecule has 1 unspecified atom stereocenters. The maximum absolute atomic E-state index is 11.5. The number of hydrogen-bond acceptors (Lipinski definition) is 3. The predicted octanol–water partition coefficient (Wildman–Crippen LogP) is 1.73. The summed E-state index contributed by atoms with van der Waals surface area (Å²) >= 11 is 0. The topological polar surface area (TPSA) is 85.8 Å². The van der Waals surface area contributed by atoms with Crippen LogP contribution in [0.4, 0.5) is 0 Å². The van der Waals surface area contributed by atoms with Gasteiger partial charge in [0.25, 0.3) is 0 Å². The zero-order valence-electron chi connectivity index (χ0n) is 15.0. The average molecular weight is 442 g/mol. The Morgan fingerprint density at radius 1 is 1.09 bits per heavy atom. The Labute approximate surface area is 158 Å². The van der Waals surface area contributed by atoms with Gasteiger partial charge >= 0.3 is 0 Å². The Hall–Kier alpha value is -0.570. The molecule has 0 heterocycles. The van der Waals surface area contributed by atoms with Crippen LogP contribution >= 0.6 is 24.0 Å². The molecule has 23 heavy (non-hydrogen) atoms. The molecule has 0 aliphatic carbocycles. The number of carbonyl (C=O) groups excluding carboxylic acids is 1. The average Bonchev–Trinajstić information content (AvgIpc) is 2.48. The van der Waals surface area contributed by atoms with Crippen LogP contribution in [0.25, 0.3) is 0 Å². The van der Waals surface area contributed by atoms with Crippen molar-refractivity contribution in [3.8, 4) is 0 Å². The second-order valence-corrected chi connectivity index (χ2v) is 5.76. The summed E-state index contributed by atoms with van der Waals surface area (Å²) in [6.45, 7) is 10.9. The van der Waals surface area contributed by atoms with Gasteiger partial charge in [0.2, 0.25) is 5.91 Å². The number of aliphatic hydroxyl groups excluding tert-OH is 1. The predicted molar refractivity (Wildman–Crippen MR) is 107 cm³/mol. The smallest absolute Gasteiger partial charge is 0.222 e. The third kappa shape index (κ3) is 13.6. The molecule has 0 bridgehead atoms. The molecule has 1 amide bonds. The first kappa shape index (κ1) is 24.7. The summed E-state index contributed by atoms with van der Waals surface area (Å²) in [5, 5.41) is 18.4. The molecule has 0 aromatic heterocycles. The third-order valence-electron chi connectivity index (χ3n) is 3.33. The lowest BCUT2D eigenvalue weighted by atomic mass is 10.0. The lowest BCUT2D eigenvalue weighted by molar-refractivity contribution is -0.123. The second kappa shape index (κ2) is 16.3. The van der Waals surface area contributed by atoms with Crippen molar-refractivity contribution in [2.45, 2.75) is 47.0 Å². The molecule has 0 fully saturated rings. The van der Waals surface area contributed by atoms with Crippen LogP contribution in [0, 0.1) is 11.8 Å². The fraction of sp³-hybridized carbons (Fsp3) is 0.875. The molecule has 0 aromatic rings. The zero-order valence-corrected chi connectivity index (χ0v) is 17.4. The van der Waals surface area contributed by atoms with Gasteiger partial charge in [-0.3, -0.25) is 9.79 Å². The van der Waals surface area contributed by atoms with E-state index in [4.69, 9.17) is 5.11 Å². The molecule has 0 saturated heterocycles. The van der Waals surface area contributed by atoms with E-state index in [-0.39, 0.29) is 42.4 Å². The number of hydrogen-bond donors (Lipinski definition) is 4.